The number of hydrogen-bond donors (Lipinski definition) is 2. The summed E-state index contributed by atoms with van der Waals surface area (Å²) in [5.74, 6) is 2.96. The number of fused-ring (bicyclic) bond motifs is 1. The number of carbonyl (C=O) groups is 1. The third-order valence-corrected chi connectivity index (χ3v) is 6.25. The Kier molecular flexibility index (Phi) is 5.97. The summed E-state index contributed by atoms with van der Waals surface area (Å²) < 4.78 is 5.65. The predicted octanol–water partition coefficient (Wildman–Crippen LogP) is 3.66. The van der Waals surface area contributed by atoms with E-state index in [1.807, 2.05) is 24.3 Å². The number of ether oxygens (including phenoxy) is 1. The summed E-state index contributed by atoms with van der Waals surface area (Å²) in [7, 11) is 0. The van der Waals surface area contributed by atoms with Gasteiger partial charge in [-0.1, -0.05) is 55.6 Å². The van der Waals surface area contributed by atoms with Crippen molar-refractivity contribution in [3.05, 3.63) is 35.7 Å². The molecule has 1 amide bonds. The predicted molar refractivity (Wildman–Crippen MR) is 105 cm³/mol. The fraction of sp³-hybridized carbons (Fsp3) is 0.550. The molecule has 0 bridgehead atoms. The second-order valence-electron chi connectivity index (χ2n) is 7.34. The molecule has 1 fully saturated rings. The quantitative estimate of drug-likeness (QED) is 0.710. The zero-order valence-electron chi connectivity index (χ0n) is 15.4. The average Bonchev–Trinajstić information content (AvgIpc) is 3.37. The van der Waals surface area contributed by atoms with E-state index in [0.717, 1.165) is 35.9 Å². The van der Waals surface area contributed by atoms with Gasteiger partial charge < -0.3 is 10.1 Å². The van der Waals surface area contributed by atoms with Crippen molar-refractivity contribution in [1.82, 2.24) is 20.5 Å². The highest BCUT2D eigenvalue weighted by molar-refractivity contribution is 7.99. The van der Waals surface area contributed by atoms with Crippen LogP contribution in [-0.2, 0) is 11.2 Å². The van der Waals surface area contributed by atoms with Crippen molar-refractivity contribution in [1.29, 1.82) is 0 Å². The van der Waals surface area contributed by atoms with Gasteiger partial charge in [-0.2, -0.15) is 0 Å². The first-order chi connectivity index (χ1) is 13.3. The molecular weight excluding hydrogens is 360 g/mol. The molecule has 1 aliphatic carbocycles. The van der Waals surface area contributed by atoms with Crippen molar-refractivity contribution in [3.8, 4) is 5.75 Å². The number of thioether (sulfide) groups is 1. The van der Waals surface area contributed by atoms with Gasteiger partial charge in [0.1, 0.15) is 11.6 Å². The minimum absolute atomic E-state index is 0.000918. The number of H-pyrrole nitrogens is 1. The number of carbonyl (C=O) groups excluding carboxylic acids is 1. The number of benzene rings is 1. The van der Waals surface area contributed by atoms with Gasteiger partial charge in [0.2, 0.25) is 11.1 Å². The topological polar surface area (TPSA) is 79.9 Å². The van der Waals surface area contributed by atoms with Gasteiger partial charge in [-0.05, 0) is 18.4 Å². The number of hydrogen-bond acceptors (Lipinski definition) is 5. The molecule has 27 heavy (non-hydrogen) atoms. The Bertz CT molecular complexity index is 773. The molecule has 2 aromatic rings. The van der Waals surface area contributed by atoms with Crippen LogP contribution in [0.4, 0.5) is 0 Å². The molecule has 2 aliphatic rings. The number of nitrogens with one attached hydrogen (secondary N) is 2. The first kappa shape index (κ1) is 18.3. The highest BCUT2D eigenvalue weighted by Gasteiger charge is 2.22. The number of para-hydroxylation sites is 1. The number of aromatic amines is 1. The van der Waals surface area contributed by atoms with Crippen LogP contribution >= 0.6 is 11.8 Å². The van der Waals surface area contributed by atoms with Gasteiger partial charge in [-0.3, -0.25) is 9.89 Å². The zero-order valence-corrected chi connectivity index (χ0v) is 16.3. The van der Waals surface area contributed by atoms with Crippen LogP contribution < -0.4 is 10.1 Å². The lowest BCUT2D eigenvalue weighted by Crippen LogP contribution is -2.33. The molecule has 1 saturated carbocycles. The smallest absolute Gasteiger partial charge is 0.230 e. The Morgan fingerprint density at radius 1 is 1.26 bits per heavy atom. The summed E-state index contributed by atoms with van der Waals surface area (Å²) in [5.41, 5.74) is 1.05. The lowest BCUT2D eigenvalue weighted by molar-refractivity contribution is -0.119. The maximum atomic E-state index is 12.4. The molecule has 4 rings (SSSR count). The summed E-state index contributed by atoms with van der Waals surface area (Å²) in [6.07, 6.45) is 8.37. The largest absolute Gasteiger partial charge is 0.493 e. The lowest BCUT2D eigenvalue weighted by atomic mass is 10.0. The highest BCUT2D eigenvalue weighted by Crippen LogP contribution is 2.31. The van der Waals surface area contributed by atoms with Crippen molar-refractivity contribution in [2.24, 2.45) is 5.92 Å². The minimum Gasteiger partial charge on any atom is -0.493 e. The molecule has 1 atom stereocenters. The van der Waals surface area contributed by atoms with Crippen LogP contribution in [0.2, 0.25) is 0 Å². The Hall–Kier alpha value is -2.02. The molecule has 1 aromatic heterocycles. The summed E-state index contributed by atoms with van der Waals surface area (Å²) in [6.45, 7) is 0.625. The molecule has 2 N–H and O–H groups in total. The third-order valence-electron chi connectivity index (χ3n) is 5.40. The Labute approximate surface area is 163 Å². The Balaban J connectivity index is 1.24. The van der Waals surface area contributed by atoms with E-state index in [2.05, 4.69) is 20.5 Å². The van der Waals surface area contributed by atoms with Crippen LogP contribution in [0.3, 0.4) is 0 Å². The van der Waals surface area contributed by atoms with E-state index in [9.17, 15) is 4.79 Å². The molecule has 1 aliphatic heterocycles. The summed E-state index contributed by atoms with van der Waals surface area (Å²) >= 11 is 1.38. The van der Waals surface area contributed by atoms with E-state index < -0.39 is 0 Å². The lowest BCUT2D eigenvalue weighted by Gasteiger charge is -2.26. The van der Waals surface area contributed by atoms with Crippen LogP contribution in [0.15, 0.2) is 29.4 Å². The van der Waals surface area contributed by atoms with Crippen molar-refractivity contribution >= 4 is 17.7 Å². The van der Waals surface area contributed by atoms with Crippen LogP contribution in [0.5, 0.6) is 5.75 Å². The minimum atomic E-state index is -0.000918. The molecule has 6 nitrogen and oxygen atoms in total. The van der Waals surface area contributed by atoms with E-state index in [1.54, 1.807) is 0 Å². The van der Waals surface area contributed by atoms with E-state index >= 15 is 0 Å². The molecule has 7 heteroatoms. The van der Waals surface area contributed by atoms with Crippen LogP contribution in [0.1, 0.15) is 56.0 Å². The zero-order chi connectivity index (χ0) is 18.5. The second kappa shape index (κ2) is 8.78. The molecule has 1 aromatic carbocycles. The van der Waals surface area contributed by atoms with Crippen LogP contribution in [0.25, 0.3) is 0 Å². The fourth-order valence-electron chi connectivity index (χ4n) is 3.95. The van der Waals surface area contributed by atoms with Gasteiger partial charge in [-0.15, -0.1) is 5.10 Å². The van der Waals surface area contributed by atoms with Crippen molar-refractivity contribution in [2.75, 3.05) is 12.4 Å². The molecule has 2 heterocycles. The second-order valence-corrected chi connectivity index (χ2v) is 8.28. The maximum Gasteiger partial charge on any atom is 0.230 e. The molecule has 0 saturated heterocycles. The van der Waals surface area contributed by atoms with E-state index in [-0.39, 0.29) is 11.9 Å². The van der Waals surface area contributed by atoms with Gasteiger partial charge >= 0.3 is 0 Å². The Morgan fingerprint density at radius 3 is 3.00 bits per heavy atom. The first-order valence-corrected chi connectivity index (χ1v) is 10.8. The van der Waals surface area contributed by atoms with Gasteiger partial charge in [0.25, 0.3) is 0 Å². The summed E-state index contributed by atoms with van der Waals surface area (Å²) in [6, 6.07) is 7.90. The standard InChI is InChI=1S/C20H26N4O2S/c25-19(21-16-11-12-26-17-8-4-3-7-15(16)17)13-27-20-22-18(23-24-20)10-9-14-5-1-2-6-14/h3-4,7-8,14,16H,1-2,5-6,9-13H2,(H,21,25)(H,22,23,24). The van der Waals surface area contributed by atoms with Gasteiger partial charge in [0.15, 0.2) is 0 Å². The number of rotatable bonds is 7. The van der Waals surface area contributed by atoms with E-state index in [4.69, 9.17) is 4.74 Å². The van der Waals surface area contributed by atoms with Gasteiger partial charge in [0.05, 0.1) is 18.4 Å². The molecule has 0 radical (unpaired) electrons. The molecule has 144 valence electrons. The van der Waals surface area contributed by atoms with E-state index in [1.165, 1.54) is 43.9 Å². The van der Waals surface area contributed by atoms with Crippen molar-refractivity contribution < 1.29 is 9.53 Å². The average molecular weight is 387 g/mol. The number of aromatic nitrogens is 3. The Morgan fingerprint density at radius 2 is 2.11 bits per heavy atom. The molecule has 1 unspecified atom stereocenters. The monoisotopic (exact) mass is 386 g/mol. The van der Waals surface area contributed by atoms with Crippen molar-refractivity contribution in [2.45, 2.75) is 56.1 Å². The van der Waals surface area contributed by atoms with Crippen LogP contribution in [0, 0.1) is 5.92 Å². The van der Waals surface area contributed by atoms with E-state index in [0.29, 0.717) is 17.5 Å². The van der Waals surface area contributed by atoms with Crippen molar-refractivity contribution in [3.63, 3.8) is 0 Å². The SMILES string of the molecule is O=C(CSc1n[nH]c(CCC2CCCC2)n1)NC1CCOc2ccccc21. The van der Waals surface area contributed by atoms with Gasteiger partial charge in [0, 0.05) is 18.4 Å². The third kappa shape index (κ3) is 4.83. The number of nitrogens with zero attached hydrogens (tertiary/aromatic N) is 2. The van der Waals surface area contributed by atoms with Gasteiger partial charge in [-0.25, -0.2) is 4.98 Å². The number of amides is 1. The number of aryl methyl sites for hydroxylation is 1. The highest BCUT2D eigenvalue weighted by atomic mass is 32.2. The normalized spacial score (nSPS) is 19.5. The maximum absolute atomic E-state index is 12.4. The van der Waals surface area contributed by atoms with Crippen LogP contribution in [-0.4, -0.2) is 33.4 Å². The summed E-state index contributed by atoms with van der Waals surface area (Å²) in [4.78, 5) is 16.9. The first-order valence-electron chi connectivity index (χ1n) is 9.83. The molecule has 0 spiro atoms. The molecular formula is C20H26N4O2S. The fourth-order valence-corrected chi connectivity index (χ4v) is 4.58. The summed E-state index contributed by atoms with van der Waals surface area (Å²) in [5, 5.41) is 11.0.